The highest BCUT2D eigenvalue weighted by molar-refractivity contribution is 5.76. The molecule has 0 saturated carbocycles. The molecule has 0 spiro atoms. The van der Waals surface area contributed by atoms with Crippen molar-refractivity contribution in [2.24, 2.45) is 0 Å². The molecule has 0 aromatic heterocycles. The summed E-state index contributed by atoms with van der Waals surface area (Å²) in [7, 11) is 0. The first-order chi connectivity index (χ1) is 25.3. The standard InChI is InChI=1S/C43H81NO8/c1-3-5-7-9-11-13-15-16-17-18-19-20-21-22-23-25-27-29-31-33-39(47)44-36(35-51-43-42(50)41(49)40(48)38(34-45)52-43)37(46)32-30-28-26-24-14-12-10-8-6-4-2/h14,24,30,32,36-38,40-43,45-46,48-50H,3-13,15-23,25-29,31,33-35H2,1-2H3,(H,44,47)/b24-14+,32-30+. The highest BCUT2D eigenvalue weighted by atomic mass is 16.7. The summed E-state index contributed by atoms with van der Waals surface area (Å²) < 4.78 is 11.2. The number of unbranched alkanes of at least 4 members (excludes halogenated alkanes) is 23. The Morgan fingerprint density at radius 2 is 1.10 bits per heavy atom. The third-order valence-electron chi connectivity index (χ3n) is 10.3. The number of aliphatic hydroxyl groups excluding tert-OH is 5. The van der Waals surface area contributed by atoms with E-state index in [1.165, 1.54) is 128 Å². The summed E-state index contributed by atoms with van der Waals surface area (Å²) >= 11 is 0. The summed E-state index contributed by atoms with van der Waals surface area (Å²) in [6.07, 6.45) is 32.3. The van der Waals surface area contributed by atoms with Crippen LogP contribution in [0.15, 0.2) is 24.3 Å². The van der Waals surface area contributed by atoms with Crippen molar-refractivity contribution in [1.82, 2.24) is 5.32 Å². The van der Waals surface area contributed by atoms with Crippen LogP contribution in [0.25, 0.3) is 0 Å². The summed E-state index contributed by atoms with van der Waals surface area (Å²) in [5.41, 5.74) is 0. The lowest BCUT2D eigenvalue weighted by molar-refractivity contribution is -0.302. The van der Waals surface area contributed by atoms with Gasteiger partial charge in [0.1, 0.15) is 24.4 Å². The SMILES string of the molecule is CCCCCC/C=C/CC/C=C/C(O)C(COC1OC(CO)C(O)C(O)C1O)NC(=O)CCCCCCCCCCCCCCCCCCCCC. The molecule has 306 valence electrons. The fraction of sp³-hybridized carbons (Fsp3) is 0.884. The maximum absolute atomic E-state index is 12.9. The lowest BCUT2D eigenvalue weighted by atomic mass is 9.99. The number of allylic oxidation sites excluding steroid dienone is 3. The van der Waals surface area contributed by atoms with Crippen molar-refractivity contribution in [3.8, 4) is 0 Å². The van der Waals surface area contributed by atoms with Crippen molar-refractivity contribution in [3.63, 3.8) is 0 Å². The normalized spacial score (nSPS) is 22.0. The Bertz CT molecular complexity index is 868. The van der Waals surface area contributed by atoms with Crippen LogP contribution in [-0.4, -0.2) is 87.5 Å². The van der Waals surface area contributed by atoms with Crippen molar-refractivity contribution in [3.05, 3.63) is 24.3 Å². The fourth-order valence-corrected chi connectivity index (χ4v) is 6.76. The molecule has 7 atom stereocenters. The van der Waals surface area contributed by atoms with Gasteiger partial charge in [0.2, 0.25) is 5.91 Å². The number of carbonyl (C=O) groups excluding carboxylic acids is 1. The molecule has 1 heterocycles. The lowest BCUT2D eigenvalue weighted by Crippen LogP contribution is -2.60. The summed E-state index contributed by atoms with van der Waals surface area (Å²) in [6.45, 7) is 3.71. The van der Waals surface area contributed by atoms with Crippen molar-refractivity contribution < 1.29 is 39.8 Å². The van der Waals surface area contributed by atoms with Gasteiger partial charge in [-0.3, -0.25) is 4.79 Å². The van der Waals surface area contributed by atoms with E-state index in [2.05, 4.69) is 31.3 Å². The molecule has 1 rings (SSSR count). The predicted molar refractivity (Wildman–Crippen MR) is 212 cm³/mol. The average Bonchev–Trinajstić information content (AvgIpc) is 3.14. The van der Waals surface area contributed by atoms with E-state index in [9.17, 15) is 30.3 Å². The van der Waals surface area contributed by atoms with Crippen LogP contribution in [0.4, 0.5) is 0 Å². The van der Waals surface area contributed by atoms with E-state index in [0.29, 0.717) is 6.42 Å². The number of nitrogens with one attached hydrogen (secondary N) is 1. The number of rotatable bonds is 35. The lowest BCUT2D eigenvalue weighted by Gasteiger charge is -2.40. The molecule has 9 heteroatoms. The molecule has 0 bridgehead atoms. The van der Waals surface area contributed by atoms with Crippen molar-refractivity contribution in [1.29, 1.82) is 0 Å². The zero-order chi connectivity index (χ0) is 38.1. The fourth-order valence-electron chi connectivity index (χ4n) is 6.76. The molecule has 7 unspecified atom stereocenters. The van der Waals surface area contributed by atoms with E-state index in [1.54, 1.807) is 6.08 Å². The van der Waals surface area contributed by atoms with E-state index in [-0.39, 0.29) is 12.5 Å². The van der Waals surface area contributed by atoms with Gasteiger partial charge in [0.15, 0.2) is 6.29 Å². The smallest absolute Gasteiger partial charge is 0.220 e. The molecule has 0 aliphatic carbocycles. The first-order valence-electron chi connectivity index (χ1n) is 21.6. The van der Waals surface area contributed by atoms with Gasteiger partial charge in [-0.05, 0) is 32.1 Å². The third kappa shape index (κ3) is 24.9. The van der Waals surface area contributed by atoms with Crippen LogP contribution < -0.4 is 5.32 Å². The average molecular weight is 740 g/mol. The maximum Gasteiger partial charge on any atom is 0.220 e. The Hall–Kier alpha value is -1.33. The summed E-state index contributed by atoms with van der Waals surface area (Å²) in [6, 6.07) is -0.814. The molecule has 0 radical (unpaired) electrons. The van der Waals surface area contributed by atoms with E-state index in [4.69, 9.17) is 9.47 Å². The quantitative estimate of drug-likeness (QED) is 0.0281. The Morgan fingerprint density at radius 1 is 0.635 bits per heavy atom. The van der Waals surface area contributed by atoms with Gasteiger partial charge < -0.3 is 40.3 Å². The van der Waals surface area contributed by atoms with E-state index in [0.717, 1.165) is 38.5 Å². The van der Waals surface area contributed by atoms with Crippen molar-refractivity contribution >= 4 is 5.91 Å². The topological polar surface area (TPSA) is 149 Å². The van der Waals surface area contributed by atoms with Crippen molar-refractivity contribution in [2.45, 2.75) is 230 Å². The minimum absolute atomic E-state index is 0.187. The highest BCUT2D eigenvalue weighted by Gasteiger charge is 2.44. The molecule has 1 saturated heterocycles. The third-order valence-corrected chi connectivity index (χ3v) is 10.3. The van der Waals surface area contributed by atoms with Crippen LogP contribution in [0.2, 0.25) is 0 Å². The Labute approximate surface area is 318 Å². The number of ether oxygens (including phenoxy) is 2. The van der Waals surface area contributed by atoms with Gasteiger partial charge in [0, 0.05) is 6.42 Å². The van der Waals surface area contributed by atoms with Gasteiger partial charge in [-0.1, -0.05) is 173 Å². The predicted octanol–water partition coefficient (Wildman–Crippen LogP) is 8.33. The number of carbonyl (C=O) groups is 1. The number of aliphatic hydroxyl groups is 5. The van der Waals surface area contributed by atoms with Gasteiger partial charge in [0.25, 0.3) is 0 Å². The summed E-state index contributed by atoms with van der Waals surface area (Å²) in [5.74, 6) is -0.187. The van der Waals surface area contributed by atoms with Gasteiger partial charge >= 0.3 is 0 Å². The number of hydrogen-bond donors (Lipinski definition) is 6. The zero-order valence-corrected chi connectivity index (χ0v) is 33.3. The second-order valence-corrected chi connectivity index (χ2v) is 15.1. The molecule has 1 fully saturated rings. The summed E-state index contributed by atoms with van der Waals surface area (Å²) in [5, 5.41) is 53.9. The van der Waals surface area contributed by atoms with Gasteiger partial charge in [0.05, 0.1) is 25.4 Å². The van der Waals surface area contributed by atoms with Crippen LogP contribution in [0.1, 0.15) is 187 Å². The molecule has 1 aliphatic rings. The second-order valence-electron chi connectivity index (χ2n) is 15.1. The Kier molecular flexibility index (Phi) is 32.0. The van der Waals surface area contributed by atoms with Gasteiger partial charge in [-0.25, -0.2) is 0 Å². The molecule has 1 aliphatic heterocycles. The Balaban J connectivity index is 2.33. The minimum atomic E-state index is -1.57. The molecule has 52 heavy (non-hydrogen) atoms. The van der Waals surface area contributed by atoms with E-state index < -0.39 is 49.5 Å². The van der Waals surface area contributed by atoms with Gasteiger partial charge in [-0.15, -0.1) is 0 Å². The van der Waals surface area contributed by atoms with Crippen LogP contribution in [0.3, 0.4) is 0 Å². The largest absolute Gasteiger partial charge is 0.394 e. The first kappa shape index (κ1) is 48.7. The molecule has 0 aromatic rings. The minimum Gasteiger partial charge on any atom is -0.394 e. The number of amides is 1. The van der Waals surface area contributed by atoms with E-state index >= 15 is 0 Å². The molecule has 1 amide bonds. The highest BCUT2D eigenvalue weighted by Crippen LogP contribution is 2.22. The van der Waals surface area contributed by atoms with Crippen LogP contribution in [0.5, 0.6) is 0 Å². The Morgan fingerprint density at radius 3 is 1.62 bits per heavy atom. The second kappa shape index (κ2) is 34.2. The molecule has 9 nitrogen and oxygen atoms in total. The van der Waals surface area contributed by atoms with Crippen LogP contribution in [0, 0.1) is 0 Å². The summed E-state index contributed by atoms with van der Waals surface area (Å²) in [4.78, 5) is 12.9. The van der Waals surface area contributed by atoms with Crippen molar-refractivity contribution in [2.75, 3.05) is 13.2 Å². The molecule has 0 aromatic carbocycles. The number of hydrogen-bond acceptors (Lipinski definition) is 8. The molecular formula is C43H81NO8. The maximum atomic E-state index is 12.9. The van der Waals surface area contributed by atoms with Gasteiger partial charge in [-0.2, -0.15) is 0 Å². The first-order valence-corrected chi connectivity index (χ1v) is 21.6. The van der Waals surface area contributed by atoms with Crippen LogP contribution in [-0.2, 0) is 14.3 Å². The van der Waals surface area contributed by atoms with Crippen LogP contribution >= 0.6 is 0 Å². The molecule has 6 N–H and O–H groups in total. The van der Waals surface area contributed by atoms with E-state index in [1.807, 2.05) is 6.08 Å². The zero-order valence-electron chi connectivity index (χ0n) is 33.3. The monoisotopic (exact) mass is 740 g/mol. The molecular weight excluding hydrogens is 658 g/mol.